The van der Waals surface area contributed by atoms with Crippen molar-refractivity contribution in [2.75, 3.05) is 0 Å². The second-order valence-corrected chi connectivity index (χ2v) is 1.92. The second-order valence-electron chi connectivity index (χ2n) is 1.92. The van der Waals surface area contributed by atoms with E-state index < -0.39 is 0 Å². The van der Waals surface area contributed by atoms with E-state index in [4.69, 9.17) is 0 Å². The van der Waals surface area contributed by atoms with Gasteiger partial charge in [0.1, 0.15) is 5.69 Å². The molecule has 5 nitrogen and oxygen atoms in total. The SMILES string of the molecule is O=Cc1ncc(C=O)c(C=O)n1. The van der Waals surface area contributed by atoms with Crippen LogP contribution >= 0.6 is 0 Å². The number of carbonyl (C=O) groups excluding carboxylic acids is 3. The van der Waals surface area contributed by atoms with Crippen molar-refractivity contribution in [2.45, 2.75) is 0 Å². The van der Waals surface area contributed by atoms with Gasteiger partial charge in [-0.05, 0) is 0 Å². The van der Waals surface area contributed by atoms with Crippen LogP contribution in [-0.2, 0) is 0 Å². The van der Waals surface area contributed by atoms with Gasteiger partial charge in [0.15, 0.2) is 24.7 Å². The van der Waals surface area contributed by atoms with Crippen molar-refractivity contribution in [2.24, 2.45) is 0 Å². The lowest BCUT2D eigenvalue weighted by Gasteiger charge is -1.94. The van der Waals surface area contributed by atoms with Gasteiger partial charge in [-0.2, -0.15) is 0 Å². The first-order valence-corrected chi connectivity index (χ1v) is 3.04. The zero-order valence-corrected chi connectivity index (χ0v) is 5.93. The van der Waals surface area contributed by atoms with Crippen molar-refractivity contribution in [3.8, 4) is 0 Å². The smallest absolute Gasteiger partial charge is 0.193 e. The van der Waals surface area contributed by atoms with E-state index in [1.165, 1.54) is 0 Å². The van der Waals surface area contributed by atoms with E-state index >= 15 is 0 Å². The van der Waals surface area contributed by atoms with Crippen LogP contribution in [0.25, 0.3) is 0 Å². The van der Waals surface area contributed by atoms with Crippen LogP contribution in [0.1, 0.15) is 31.5 Å². The third kappa shape index (κ3) is 1.39. The summed E-state index contributed by atoms with van der Waals surface area (Å²) in [6, 6.07) is 0. The van der Waals surface area contributed by atoms with E-state index in [2.05, 4.69) is 9.97 Å². The monoisotopic (exact) mass is 164 g/mol. The molecule has 0 unspecified atom stereocenters. The van der Waals surface area contributed by atoms with Crippen LogP contribution in [0.5, 0.6) is 0 Å². The quantitative estimate of drug-likeness (QED) is 0.583. The van der Waals surface area contributed by atoms with Crippen molar-refractivity contribution < 1.29 is 14.4 Å². The first-order valence-electron chi connectivity index (χ1n) is 3.04. The van der Waals surface area contributed by atoms with Crippen LogP contribution in [0, 0.1) is 0 Å². The maximum absolute atomic E-state index is 10.3. The van der Waals surface area contributed by atoms with Crippen molar-refractivity contribution in [1.29, 1.82) is 0 Å². The van der Waals surface area contributed by atoms with Crippen molar-refractivity contribution in [3.05, 3.63) is 23.3 Å². The maximum atomic E-state index is 10.3. The van der Waals surface area contributed by atoms with E-state index in [-0.39, 0.29) is 17.1 Å². The number of aromatic nitrogens is 2. The van der Waals surface area contributed by atoms with Crippen molar-refractivity contribution in [3.63, 3.8) is 0 Å². The second kappa shape index (κ2) is 3.47. The molecule has 1 rings (SSSR count). The molecule has 0 aromatic carbocycles. The summed E-state index contributed by atoms with van der Waals surface area (Å²) in [6.45, 7) is 0. The highest BCUT2D eigenvalue weighted by atomic mass is 16.1. The predicted octanol–water partition coefficient (Wildman–Crippen LogP) is -0.0859. The van der Waals surface area contributed by atoms with Gasteiger partial charge in [0.25, 0.3) is 0 Å². The van der Waals surface area contributed by atoms with Crippen molar-refractivity contribution in [1.82, 2.24) is 9.97 Å². The lowest BCUT2D eigenvalue weighted by Crippen LogP contribution is -2.01. The Labute approximate surface area is 67.5 Å². The molecule has 1 aromatic rings. The highest BCUT2D eigenvalue weighted by Crippen LogP contribution is 1.97. The number of nitrogens with zero attached hydrogens (tertiary/aromatic N) is 2. The van der Waals surface area contributed by atoms with Gasteiger partial charge in [0, 0.05) is 6.20 Å². The Hall–Kier alpha value is -1.91. The van der Waals surface area contributed by atoms with Gasteiger partial charge in [-0.1, -0.05) is 0 Å². The molecular formula is C7H4N2O3. The molecule has 0 spiro atoms. The lowest BCUT2D eigenvalue weighted by atomic mass is 10.2. The summed E-state index contributed by atoms with van der Waals surface area (Å²) in [6.07, 6.45) is 2.39. The Balaban J connectivity index is 3.27. The minimum absolute atomic E-state index is 0.0675. The molecule has 0 saturated heterocycles. The fraction of sp³-hybridized carbons (Fsp3) is 0. The lowest BCUT2D eigenvalue weighted by molar-refractivity contribution is 0.108. The predicted molar refractivity (Wildman–Crippen MR) is 38.2 cm³/mol. The Morgan fingerprint density at radius 2 is 1.83 bits per heavy atom. The molecular weight excluding hydrogens is 160 g/mol. The van der Waals surface area contributed by atoms with Gasteiger partial charge in [0.2, 0.25) is 0 Å². The van der Waals surface area contributed by atoms with Crippen LogP contribution in [0.4, 0.5) is 0 Å². The fourth-order valence-corrected chi connectivity index (χ4v) is 0.661. The molecule has 0 radical (unpaired) electrons. The largest absolute Gasteiger partial charge is 0.298 e. The summed E-state index contributed by atoms with van der Waals surface area (Å²) in [5, 5.41) is 0. The standard InChI is InChI=1S/C7H4N2O3/c10-2-5-1-8-7(4-12)9-6(5)3-11/h1-4H. The molecule has 0 aliphatic rings. The van der Waals surface area contributed by atoms with Gasteiger partial charge < -0.3 is 0 Å². The normalized spacial score (nSPS) is 9.00. The molecule has 0 bridgehead atoms. The summed E-state index contributed by atoms with van der Waals surface area (Å²) >= 11 is 0. The van der Waals surface area contributed by atoms with E-state index in [9.17, 15) is 14.4 Å². The van der Waals surface area contributed by atoms with Gasteiger partial charge in [-0.3, -0.25) is 14.4 Å². The molecule has 1 heterocycles. The molecule has 0 aliphatic heterocycles. The summed E-state index contributed by atoms with van der Waals surface area (Å²) in [5.74, 6) is -0.109. The topological polar surface area (TPSA) is 77.0 Å². The molecule has 1 aromatic heterocycles. The van der Waals surface area contributed by atoms with E-state index in [1.54, 1.807) is 0 Å². The number of rotatable bonds is 3. The Bertz CT molecular complexity index is 335. The molecule has 0 amide bonds. The summed E-state index contributed by atoms with van der Waals surface area (Å²) in [7, 11) is 0. The van der Waals surface area contributed by atoms with Gasteiger partial charge in [-0.25, -0.2) is 9.97 Å². The number of hydrogen-bond donors (Lipinski definition) is 0. The van der Waals surface area contributed by atoms with Gasteiger partial charge in [0.05, 0.1) is 5.56 Å². The van der Waals surface area contributed by atoms with Gasteiger partial charge in [-0.15, -0.1) is 0 Å². The van der Waals surface area contributed by atoms with Crippen LogP contribution in [0.3, 0.4) is 0 Å². The summed E-state index contributed by atoms with van der Waals surface area (Å²) < 4.78 is 0. The average molecular weight is 164 g/mol. The number of carbonyl (C=O) groups is 3. The maximum Gasteiger partial charge on any atom is 0.193 e. The average Bonchev–Trinajstić information content (AvgIpc) is 2.16. The van der Waals surface area contributed by atoms with E-state index in [0.717, 1.165) is 6.20 Å². The van der Waals surface area contributed by atoms with E-state index in [0.29, 0.717) is 18.9 Å². The van der Waals surface area contributed by atoms with Crippen molar-refractivity contribution >= 4 is 18.9 Å². The Morgan fingerprint density at radius 3 is 2.33 bits per heavy atom. The molecule has 0 aliphatic carbocycles. The fourth-order valence-electron chi connectivity index (χ4n) is 0.661. The minimum atomic E-state index is -0.109. The zero-order valence-electron chi connectivity index (χ0n) is 5.93. The third-order valence-electron chi connectivity index (χ3n) is 1.21. The van der Waals surface area contributed by atoms with Crippen LogP contribution in [-0.4, -0.2) is 28.8 Å². The van der Waals surface area contributed by atoms with Crippen LogP contribution in [0.2, 0.25) is 0 Å². The Morgan fingerprint density at radius 1 is 1.08 bits per heavy atom. The molecule has 60 valence electrons. The zero-order chi connectivity index (χ0) is 8.97. The third-order valence-corrected chi connectivity index (χ3v) is 1.21. The van der Waals surface area contributed by atoms with Crippen LogP contribution < -0.4 is 0 Å². The van der Waals surface area contributed by atoms with Crippen LogP contribution in [0.15, 0.2) is 6.20 Å². The number of aldehydes is 3. The highest BCUT2D eigenvalue weighted by Gasteiger charge is 2.03. The Kier molecular flexibility index (Phi) is 2.37. The van der Waals surface area contributed by atoms with Gasteiger partial charge >= 0.3 is 0 Å². The summed E-state index contributed by atoms with van der Waals surface area (Å²) in [4.78, 5) is 37.7. The summed E-state index contributed by atoms with van der Waals surface area (Å²) in [5.41, 5.74) is 0.0118. The molecule has 0 fully saturated rings. The first kappa shape index (κ1) is 8.19. The first-order chi connectivity index (χ1) is 5.81. The molecule has 0 atom stereocenters. The minimum Gasteiger partial charge on any atom is -0.298 e. The molecule has 0 saturated carbocycles. The number of hydrogen-bond acceptors (Lipinski definition) is 5. The molecule has 5 heteroatoms. The highest BCUT2D eigenvalue weighted by molar-refractivity contribution is 5.88. The van der Waals surface area contributed by atoms with E-state index in [1.807, 2.05) is 0 Å². The molecule has 12 heavy (non-hydrogen) atoms. The molecule has 0 N–H and O–H groups in total.